The summed E-state index contributed by atoms with van der Waals surface area (Å²) in [6, 6.07) is 5.96. The van der Waals surface area contributed by atoms with Crippen molar-refractivity contribution in [1.82, 2.24) is 9.78 Å². The van der Waals surface area contributed by atoms with Gasteiger partial charge in [-0.1, -0.05) is 12.2 Å². The molecule has 1 unspecified atom stereocenters. The lowest BCUT2D eigenvalue weighted by molar-refractivity contribution is -0.139. The summed E-state index contributed by atoms with van der Waals surface area (Å²) in [5, 5.41) is 22.2. The van der Waals surface area contributed by atoms with E-state index in [9.17, 15) is 9.18 Å². The number of carboxylic acid groups (broad SMARTS) is 1. The average Bonchev–Trinajstić information content (AvgIpc) is 2.88. The van der Waals surface area contributed by atoms with Crippen molar-refractivity contribution in [3.63, 3.8) is 0 Å². The molecule has 0 amide bonds. The van der Waals surface area contributed by atoms with E-state index in [0.717, 1.165) is 6.07 Å². The molecule has 7 heteroatoms. The highest BCUT2D eigenvalue weighted by Gasteiger charge is 2.19. The van der Waals surface area contributed by atoms with Crippen molar-refractivity contribution in [2.45, 2.75) is 20.8 Å². The molecule has 0 saturated heterocycles. The van der Waals surface area contributed by atoms with Gasteiger partial charge >= 0.3 is 5.97 Å². The Balaban J connectivity index is 2.55. The van der Waals surface area contributed by atoms with E-state index in [2.05, 4.69) is 5.10 Å². The lowest BCUT2D eigenvalue weighted by Crippen LogP contribution is -2.06. The van der Waals surface area contributed by atoms with Crippen molar-refractivity contribution >= 4 is 12.0 Å². The average molecular weight is 343 g/mol. The summed E-state index contributed by atoms with van der Waals surface area (Å²) < 4.78 is 21.3. The quantitative estimate of drug-likeness (QED) is 0.869. The first kappa shape index (κ1) is 18.2. The number of carboxylic acids is 1. The van der Waals surface area contributed by atoms with Gasteiger partial charge in [-0.05, 0) is 39.0 Å². The smallest absolute Gasteiger partial charge is 0.310 e. The van der Waals surface area contributed by atoms with Crippen LogP contribution in [0.5, 0.6) is 5.88 Å². The first-order valence-electron chi connectivity index (χ1n) is 7.72. The van der Waals surface area contributed by atoms with E-state index in [1.165, 1.54) is 22.9 Å². The summed E-state index contributed by atoms with van der Waals surface area (Å²) in [6.45, 7) is 5.40. The van der Waals surface area contributed by atoms with Crippen LogP contribution in [0.2, 0.25) is 0 Å². The number of carbonyl (C=O) groups is 1. The standard InChI is InChI=1S/C18H18FN3O3/c1-4-25-17-14(7-5-11(2)18(23)24)12(3)21-22(17)16-8-6-13(10-20)9-15(16)19/h5-9,11H,4H2,1-3H3,(H,23,24). The molecule has 0 fully saturated rings. The Morgan fingerprint density at radius 2 is 2.28 bits per heavy atom. The van der Waals surface area contributed by atoms with Gasteiger partial charge in [0.25, 0.3) is 0 Å². The Morgan fingerprint density at radius 3 is 2.84 bits per heavy atom. The molecule has 0 saturated carbocycles. The van der Waals surface area contributed by atoms with Crippen LogP contribution in [-0.2, 0) is 4.79 Å². The summed E-state index contributed by atoms with van der Waals surface area (Å²) in [5.41, 5.74) is 1.51. The van der Waals surface area contributed by atoms with Gasteiger partial charge in [-0.3, -0.25) is 4.79 Å². The molecular formula is C18H18FN3O3. The fourth-order valence-corrected chi connectivity index (χ4v) is 2.22. The maximum Gasteiger partial charge on any atom is 0.310 e. The predicted octanol–water partition coefficient (Wildman–Crippen LogP) is 3.32. The highest BCUT2D eigenvalue weighted by atomic mass is 19.1. The number of hydrogen-bond acceptors (Lipinski definition) is 4. The zero-order valence-electron chi connectivity index (χ0n) is 14.2. The van der Waals surface area contributed by atoms with Crippen LogP contribution in [-0.4, -0.2) is 27.5 Å². The molecule has 130 valence electrons. The van der Waals surface area contributed by atoms with Crippen LogP contribution in [0.25, 0.3) is 11.8 Å². The summed E-state index contributed by atoms with van der Waals surface area (Å²) in [6.07, 6.45) is 3.14. The van der Waals surface area contributed by atoms with Gasteiger partial charge in [-0.25, -0.2) is 4.39 Å². The lowest BCUT2D eigenvalue weighted by atomic mass is 10.1. The van der Waals surface area contributed by atoms with Crippen LogP contribution in [0, 0.1) is 30.0 Å². The van der Waals surface area contributed by atoms with Gasteiger partial charge in [-0.2, -0.15) is 15.0 Å². The molecule has 1 aromatic heterocycles. The third-order valence-electron chi connectivity index (χ3n) is 3.59. The van der Waals surface area contributed by atoms with Crippen molar-refractivity contribution in [1.29, 1.82) is 5.26 Å². The molecule has 1 atom stereocenters. The Labute approximate surface area is 144 Å². The molecule has 2 rings (SSSR count). The zero-order chi connectivity index (χ0) is 18.6. The van der Waals surface area contributed by atoms with Gasteiger partial charge in [0.2, 0.25) is 5.88 Å². The van der Waals surface area contributed by atoms with Crippen LogP contribution in [0.4, 0.5) is 4.39 Å². The second kappa shape index (κ2) is 7.62. The van der Waals surface area contributed by atoms with Crippen LogP contribution in [0.1, 0.15) is 30.7 Å². The van der Waals surface area contributed by atoms with E-state index in [0.29, 0.717) is 23.7 Å². The van der Waals surface area contributed by atoms with Gasteiger partial charge in [-0.15, -0.1) is 0 Å². The van der Waals surface area contributed by atoms with Crippen LogP contribution >= 0.6 is 0 Å². The number of aryl methyl sites for hydroxylation is 1. The van der Waals surface area contributed by atoms with E-state index in [4.69, 9.17) is 15.1 Å². The molecule has 25 heavy (non-hydrogen) atoms. The molecule has 1 N–H and O–H groups in total. The van der Waals surface area contributed by atoms with E-state index in [1.54, 1.807) is 26.8 Å². The van der Waals surface area contributed by atoms with Gasteiger partial charge in [0.15, 0.2) is 0 Å². The summed E-state index contributed by atoms with van der Waals surface area (Å²) in [5.74, 6) is -1.91. The number of halogens is 1. The third kappa shape index (κ3) is 3.86. The van der Waals surface area contributed by atoms with E-state index in [-0.39, 0.29) is 11.3 Å². The van der Waals surface area contributed by atoms with Crippen molar-refractivity contribution in [2.24, 2.45) is 5.92 Å². The highest BCUT2D eigenvalue weighted by molar-refractivity contribution is 5.74. The molecule has 1 heterocycles. The first-order valence-corrected chi connectivity index (χ1v) is 7.72. The minimum absolute atomic E-state index is 0.150. The predicted molar refractivity (Wildman–Crippen MR) is 90.0 cm³/mol. The number of nitriles is 1. The number of hydrogen-bond donors (Lipinski definition) is 1. The molecule has 0 aliphatic heterocycles. The molecule has 0 aliphatic carbocycles. The van der Waals surface area contributed by atoms with Gasteiger partial charge in [0.1, 0.15) is 11.5 Å². The number of aliphatic carboxylic acids is 1. The fourth-order valence-electron chi connectivity index (χ4n) is 2.22. The zero-order valence-corrected chi connectivity index (χ0v) is 14.2. The first-order chi connectivity index (χ1) is 11.9. The molecule has 2 aromatic rings. The van der Waals surface area contributed by atoms with Crippen molar-refractivity contribution in [3.8, 4) is 17.6 Å². The Kier molecular flexibility index (Phi) is 5.55. The van der Waals surface area contributed by atoms with E-state index in [1.807, 2.05) is 6.07 Å². The van der Waals surface area contributed by atoms with Crippen molar-refractivity contribution in [3.05, 3.63) is 46.9 Å². The van der Waals surface area contributed by atoms with Crippen LogP contribution in [0.15, 0.2) is 24.3 Å². The molecule has 0 aliphatic rings. The maximum atomic E-state index is 14.3. The number of aromatic nitrogens is 2. The van der Waals surface area contributed by atoms with E-state index >= 15 is 0 Å². The second-order valence-corrected chi connectivity index (χ2v) is 5.41. The van der Waals surface area contributed by atoms with Crippen LogP contribution < -0.4 is 4.74 Å². The summed E-state index contributed by atoms with van der Waals surface area (Å²) in [4.78, 5) is 11.0. The van der Waals surface area contributed by atoms with Gasteiger partial charge < -0.3 is 9.84 Å². The van der Waals surface area contributed by atoms with Gasteiger partial charge in [0.05, 0.1) is 35.4 Å². The Morgan fingerprint density at radius 1 is 1.56 bits per heavy atom. The van der Waals surface area contributed by atoms with Gasteiger partial charge in [0, 0.05) is 0 Å². The molecule has 1 aromatic carbocycles. The number of benzene rings is 1. The summed E-state index contributed by atoms with van der Waals surface area (Å²) >= 11 is 0. The molecule has 0 bridgehead atoms. The second-order valence-electron chi connectivity index (χ2n) is 5.41. The largest absolute Gasteiger partial charge is 0.481 e. The highest BCUT2D eigenvalue weighted by Crippen LogP contribution is 2.29. The monoisotopic (exact) mass is 343 g/mol. The number of nitrogens with zero attached hydrogens (tertiary/aromatic N) is 3. The Hall–Kier alpha value is -3.14. The lowest BCUT2D eigenvalue weighted by Gasteiger charge is -2.10. The minimum Gasteiger partial charge on any atom is -0.481 e. The SMILES string of the molecule is CCOc1c(C=CC(C)C(=O)O)c(C)nn1-c1ccc(C#N)cc1F. The number of ether oxygens (including phenoxy) is 1. The van der Waals surface area contributed by atoms with E-state index < -0.39 is 17.7 Å². The van der Waals surface area contributed by atoms with Crippen molar-refractivity contribution < 1.29 is 19.0 Å². The minimum atomic E-state index is -0.947. The van der Waals surface area contributed by atoms with Crippen molar-refractivity contribution in [2.75, 3.05) is 6.61 Å². The maximum absolute atomic E-state index is 14.3. The molecule has 6 nitrogen and oxygen atoms in total. The third-order valence-corrected chi connectivity index (χ3v) is 3.59. The fraction of sp³-hybridized carbons (Fsp3) is 0.278. The topological polar surface area (TPSA) is 88.1 Å². The normalized spacial score (nSPS) is 12.1. The molecule has 0 radical (unpaired) electrons. The Bertz CT molecular complexity index is 865. The number of rotatable bonds is 6. The summed E-state index contributed by atoms with van der Waals surface area (Å²) in [7, 11) is 0. The molecule has 0 spiro atoms. The van der Waals surface area contributed by atoms with Crippen LogP contribution in [0.3, 0.4) is 0 Å². The molecular weight excluding hydrogens is 325 g/mol.